The van der Waals surface area contributed by atoms with E-state index in [4.69, 9.17) is 23.2 Å². The van der Waals surface area contributed by atoms with Gasteiger partial charge in [0, 0.05) is 15.1 Å². The van der Waals surface area contributed by atoms with Gasteiger partial charge in [0.05, 0.1) is 11.1 Å². The first-order chi connectivity index (χ1) is 9.04. The second-order valence-corrected chi connectivity index (χ2v) is 5.71. The maximum atomic E-state index is 14.2. The fraction of sp³-hybridized carbons (Fsp3) is 0.143. The molecule has 0 heterocycles. The molecule has 100 valence electrons. The highest BCUT2D eigenvalue weighted by Gasteiger charge is 2.19. The van der Waals surface area contributed by atoms with E-state index in [1.54, 1.807) is 31.3 Å². The van der Waals surface area contributed by atoms with E-state index in [0.29, 0.717) is 15.1 Å². The molecule has 2 aromatic rings. The standard InChI is InChI=1S/C14H11BrCl2FN/c1-19-14(8-2-4-9(16)5-3-8)10-6-7-11(15)12(17)13(10)18/h2-7,14,19H,1H3. The minimum atomic E-state index is -0.426. The van der Waals surface area contributed by atoms with Crippen molar-refractivity contribution in [3.63, 3.8) is 0 Å². The Balaban J connectivity index is 2.48. The van der Waals surface area contributed by atoms with Crippen molar-refractivity contribution in [1.82, 2.24) is 5.32 Å². The maximum Gasteiger partial charge on any atom is 0.148 e. The van der Waals surface area contributed by atoms with Gasteiger partial charge in [0.25, 0.3) is 0 Å². The Morgan fingerprint density at radius 2 is 1.74 bits per heavy atom. The van der Waals surface area contributed by atoms with E-state index in [0.717, 1.165) is 5.56 Å². The summed E-state index contributed by atoms with van der Waals surface area (Å²) in [6.07, 6.45) is 0. The van der Waals surface area contributed by atoms with Gasteiger partial charge >= 0.3 is 0 Å². The predicted molar refractivity (Wildman–Crippen MR) is 81.5 cm³/mol. The fourth-order valence-electron chi connectivity index (χ4n) is 1.92. The van der Waals surface area contributed by atoms with Crippen LogP contribution < -0.4 is 5.32 Å². The molecule has 19 heavy (non-hydrogen) atoms. The molecule has 0 amide bonds. The number of hydrogen-bond donors (Lipinski definition) is 1. The predicted octanol–water partition coefficient (Wildman–Crippen LogP) is 5.20. The summed E-state index contributed by atoms with van der Waals surface area (Å²) in [5.41, 5.74) is 1.42. The molecule has 1 N–H and O–H groups in total. The van der Waals surface area contributed by atoms with Crippen LogP contribution >= 0.6 is 39.1 Å². The Bertz CT molecular complexity index is 587. The van der Waals surface area contributed by atoms with Crippen molar-refractivity contribution in [2.75, 3.05) is 7.05 Å². The SMILES string of the molecule is CNC(c1ccc(Cl)cc1)c1ccc(Br)c(Cl)c1F. The Morgan fingerprint density at radius 3 is 2.32 bits per heavy atom. The van der Waals surface area contributed by atoms with Crippen molar-refractivity contribution in [3.05, 3.63) is 67.9 Å². The van der Waals surface area contributed by atoms with Crippen molar-refractivity contribution in [3.8, 4) is 0 Å². The first kappa shape index (κ1) is 14.8. The highest BCUT2D eigenvalue weighted by Crippen LogP contribution is 2.33. The molecule has 0 radical (unpaired) electrons. The average Bonchev–Trinajstić information content (AvgIpc) is 2.41. The van der Waals surface area contributed by atoms with E-state index in [9.17, 15) is 4.39 Å². The molecular formula is C14H11BrCl2FN. The lowest BCUT2D eigenvalue weighted by Crippen LogP contribution is -2.19. The molecular weight excluding hydrogens is 352 g/mol. The number of hydrogen-bond acceptors (Lipinski definition) is 1. The van der Waals surface area contributed by atoms with Crippen LogP contribution in [0.4, 0.5) is 4.39 Å². The Labute approximate surface area is 129 Å². The van der Waals surface area contributed by atoms with Gasteiger partial charge < -0.3 is 5.32 Å². The summed E-state index contributed by atoms with van der Waals surface area (Å²) in [5.74, 6) is -0.426. The molecule has 0 aromatic heterocycles. The molecule has 0 saturated carbocycles. The van der Waals surface area contributed by atoms with Crippen LogP contribution in [-0.2, 0) is 0 Å². The van der Waals surface area contributed by atoms with Gasteiger partial charge in [-0.05, 0) is 46.7 Å². The van der Waals surface area contributed by atoms with Gasteiger partial charge in [0.2, 0.25) is 0 Å². The van der Waals surface area contributed by atoms with E-state index in [2.05, 4.69) is 21.2 Å². The lowest BCUT2D eigenvalue weighted by atomic mass is 9.98. The number of nitrogens with one attached hydrogen (secondary N) is 1. The summed E-state index contributed by atoms with van der Waals surface area (Å²) in [5, 5.41) is 3.82. The van der Waals surface area contributed by atoms with E-state index in [1.165, 1.54) is 0 Å². The van der Waals surface area contributed by atoms with Crippen molar-refractivity contribution in [2.45, 2.75) is 6.04 Å². The largest absolute Gasteiger partial charge is 0.309 e. The quantitative estimate of drug-likeness (QED) is 0.739. The molecule has 0 fully saturated rings. The Kier molecular flexibility index (Phi) is 4.85. The van der Waals surface area contributed by atoms with Crippen LogP contribution in [0.2, 0.25) is 10.0 Å². The minimum absolute atomic E-state index is 0.0895. The number of benzene rings is 2. The van der Waals surface area contributed by atoms with Gasteiger partial charge in [0.15, 0.2) is 0 Å². The molecule has 0 aliphatic carbocycles. The van der Waals surface area contributed by atoms with Crippen molar-refractivity contribution in [1.29, 1.82) is 0 Å². The third kappa shape index (κ3) is 3.11. The van der Waals surface area contributed by atoms with Crippen LogP contribution in [-0.4, -0.2) is 7.05 Å². The Hall–Kier alpha value is -0.610. The van der Waals surface area contributed by atoms with E-state index in [-0.39, 0.29) is 11.1 Å². The molecule has 2 rings (SSSR count). The highest BCUT2D eigenvalue weighted by molar-refractivity contribution is 9.10. The average molecular weight is 363 g/mol. The number of halogens is 4. The molecule has 0 aliphatic heterocycles. The molecule has 2 aromatic carbocycles. The molecule has 0 spiro atoms. The summed E-state index contributed by atoms with van der Waals surface area (Å²) in [4.78, 5) is 0. The molecule has 1 unspecified atom stereocenters. The van der Waals surface area contributed by atoms with Gasteiger partial charge in [-0.2, -0.15) is 0 Å². The zero-order valence-corrected chi connectivity index (χ0v) is 13.2. The normalized spacial score (nSPS) is 12.5. The van der Waals surface area contributed by atoms with E-state index < -0.39 is 5.82 Å². The summed E-state index contributed by atoms with van der Waals surface area (Å²) in [6.45, 7) is 0. The first-order valence-electron chi connectivity index (χ1n) is 5.60. The first-order valence-corrected chi connectivity index (χ1v) is 7.15. The van der Waals surface area contributed by atoms with Crippen molar-refractivity contribution >= 4 is 39.1 Å². The molecule has 5 heteroatoms. The smallest absolute Gasteiger partial charge is 0.148 e. The maximum absolute atomic E-state index is 14.2. The van der Waals surface area contributed by atoms with Crippen LogP contribution in [0.5, 0.6) is 0 Å². The van der Waals surface area contributed by atoms with Crippen LogP contribution in [0.15, 0.2) is 40.9 Å². The third-order valence-corrected chi connectivity index (χ3v) is 4.38. The van der Waals surface area contributed by atoms with Crippen LogP contribution in [0, 0.1) is 5.82 Å². The second-order valence-electron chi connectivity index (χ2n) is 4.04. The molecule has 1 nitrogen and oxygen atoms in total. The van der Waals surface area contributed by atoms with Crippen molar-refractivity contribution < 1.29 is 4.39 Å². The zero-order chi connectivity index (χ0) is 14.0. The lowest BCUT2D eigenvalue weighted by Gasteiger charge is -2.19. The second kappa shape index (κ2) is 6.23. The summed E-state index contributed by atoms with van der Waals surface area (Å²) < 4.78 is 14.8. The van der Waals surface area contributed by atoms with Crippen LogP contribution in [0.25, 0.3) is 0 Å². The van der Waals surface area contributed by atoms with Gasteiger partial charge in [-0.1, -0.05) is 41.4 Å². The summed E-state index contributed by atoms with van der Waals surface area (Å²) >= 11 is 15.0. The number of rotatable bonds is 3. The molecule has 0 bridgehead atoms. The van der Waals surface area contributed by atoms with Gasteiger partial charge in [-0.15, -0.1) is 0 Å². The lowest BCUT2D eigenvalue weighted by molar-refractivity contribution is 0.576. The molecule has 0 aliphatic rings. The summed E-state index contributed by atoms with van der Waals surface area (Å²) in [7, 11) is 1.77. The van der Waals surface area contributed by atoms with Crippen molar-refractivity contribution in [2.24, 2.45) is 0 Å². The highest BCUT2D eigenvalue weighted by atomic mass is 79.9. The third-order valence-electron chi connectivity index (χ3n) is 2.87. The topological polar surface area (TPSA) is 12.0 Å². The van der Waals surface area contributed by atoms with Gasteiger partial charge in [-0.25, -0.2) is 4.39 Å². The van der Waals surface area contributed by atoms with E-state index in [1.807, 2.05) is 12.1 Å². The molecule has 1 atom stereocenters. The van der Waals surface area contributed by atoms with Crippen LogP contribution in [0.1, 0.15) is 17.2 Å². The van der Waals surface area contributed by atoms with Crippen LogP contribution in [0.3, 0.4) is 0 Å². The Morgan fingerprint density at radius 1 is 1.11 bits per heavy atom. The van der Waals surface area contributed by atoms with E-state index >= 15 is 0 Å². The van der Waals surface area contributed by atoms with Gasteiger partial charge in [0.1, 0.15) is 5.82 Å². The zero-order valence-electron chi connectivity index (χ0n) is 10.1. The van der Waals surface area contributed by atoms with Gasteiger partial charge in [-0.3, -0.25) is 0 Å². The monoisotopic (exact) mass is 361 g/mol. The minimum Gasteiger partial charge on any atom is -0.309 e. The molecule has 0 saturated heterocycles. The summed E-state index contributed by atoms with van der Waals surface area (Å²) in [6, 6.07) is 10.4. The fourth-order valence-corrected chi connectivity index (χ4v) is 2.53.